The number of alkyl halides is 2. The van der Waals surface area contributed by atoms with Crippen molar-refractivity contribution in [1.82, 2.24) is 34.4 Å². The Hall–Kier alpha value is -4.60. The summed E-state index contributed by atoms with van der Waals surface area (Å²) in [5.41, 5.74) is -2.45. The van der Waals surface area contributed by atoms with E-state index in [-0.39, 0.29) is 40.6 Å². The van der Waals surface area contributed by atoms with Gasteiger partial charge < -0.3 is 29.3 Å². The molecule has 3 aliphatic rings. The molecule has 276 valence electrons. The summed E-state index contributed by atoms with van der Waals surface area (Å²) in [6.45, 7) is 2.33. The van der Waals surface area contributed by atoms with E-state index in [9.17, 15) is 37.5 Å². The predicted molar refractivity (Wildman–Crippen MR) is 191 cm³/mol. The van der Waals surface area contributed by atoms with Gasteiger partial charge in [-0.1, -0.05) is 12.1 Å². The number of aromatic nitrogens is 3. The van der Waals surface area contributed by atoms with Crippen molar-refractivity contribution in [3.63, 3.8) is 0 Å². The van der Waals surface area contributed by atoms with Gasteiger partial charge in [-0.15, -0.1) is 11.3 Å². The Kier molecular flexibility index (Phi) is 9.14. The first-order valence-corrected chi connectivity index (χ1v) is 19.7. The van der Waals surface area contributed by atoms with Crippen molar-refractivity contribution >= 4 is 52.4 Å². The van der Waals surface area contributed by atoms with Crippen molar-refractivity contribution in [3.05, 3.63) is 101 Å². The summed E-state index contributed by atoms with van der Waals surface area (Å²) >= 11 is 1.01. The highest BCUT2D eigenvalue weighted by Crippen LogP contribution is 2.59. The Bertz CT molecular complexity index is 2260. The maximum Gasteiger partial charge on any atom is 0.399 e. The summed E-state index contributed by atoms with van der Waals surface area (Å²) in [4.78, 5) is 75.0. The number of thiophene rings is 1. The van der Waals surface area contributed by atoms with Crippen LogP contribution in [0.2, 0.25) is 0 Å². The second-order valence-corrected chi connectivity index (χ2v) is 16.7. The number of nitrogens with one attached hydrogen (secondary N) is 1. The van der Waals surface area contributed by atoms with Gasteiger partial charge in [-0.25, -0.2) is 4.98 Å². The Morgan fingerprint density at radius 3 is 2.62 bits per heavy atom. The number of fused-ring (bicyclic) bond motifs is 3. The number of rotatable bonds is 8. The lowest BCUT2D eigenvalue weighted by atomic mass is 9.92. The molecule has 3 atom stereocenters. The van der Waals surface area contributed by atoms with Gasteiger partial charge in [-0.3, -0.25) is 28.8 Å². The van der Waals surface area contributed by atoms with Crippen molar-refractivity contribution in [2.24, 2.45) is 0 Å². The molecule has 3 amide bonds. The Balaban J connectivity index is 1.05. The molecular weight excluding hydrogens is 727 g/mol. The van der Waals surface area contributed by atoms with Crippen LogP contribution in [0.3, 0.4) is 0 Å². The minimum atomic E-state index is -5.79. The van der Waals surface area contributed by atoms with Gasteiger partial charge in [0.2, 0.25) is 11.8 Å². The minimum Gasteiger partial charge on any atom is -0.340 e. The number of hydrogen-bond donors (Lipinski definition) is 3. The van der Waals surface area contributed by atoms with E-state index < -0.39 is 36.8 Å². The van der Waals surface area contributed by atoms with Gasteiger partial charge in [0.05, 0.1) is 4.88 Å². The lowest BCUT2D eigenvalue weighted by Crippen LogP contribution is -2.62. The van der Waals surface area contributed by atoms with Gasteiger partial charge in [-0.2, -0.15) is 8.78 Å². The van der Waals surface area contributed by atoms with Crippen molar-refractivity contribution in [2.75, 3.05) is 26.2 Å². The largest absolute Gasteiger partial charge is 0.399 e. The van der Waals surface area contributed by atoms with E-state index in [2.05, 4.69) is 20.2 Å². The molecule has 0 bridgehead atoms. The lowest BCUT2D eigenvalue weighted by molar-refractivity contribution is -0.150. The molecule has 0 radical (unpaired) electrons. The molecule has 53 heavy (non-hydrogen) atoms. The highest BCUT2D eigenvalue weighted by atomic mass is 32.1. The van der Waals surface area contributed by atoms with Crippen molar-refractivity contribution in [1.29, 1.82) is 0 Å². The van der Waals surface area contributed by atoms with Gasteiger partial charge in [-0.05, 0) is 72.2 Å². The van der Waals surface area contributed by atoms with E-state index in [0.717, 1.165) is 40.2 Å². The van der Waals surface area contributed by atoms with Crippen LogP contribution >= 0.6 is 18.9 Å². The van der Waals surface area contributed by atoms with Gasteiger partial charge in [0.15, 0.2) is 0 Å². The summed E-state index contributed by atoms with van der Waals surface area (Å²) in [5.74, 6) is -0.895. The Morgan fingerprint density at radius 2 is 1.85 bits per heavy atom. The van der Waals surface area contributed by atoms with E-state index in [1.165, 1.54) is 12.1 Å². The average Bonchev–Trinajstić information content (AvgIpc) is 3.86. The van der Waals surface area contributed by atoms with E-state index in [1.54, 1.807) is 28.4 Å². The molecule has 5 aromatic rings. The SMILES string of the molecule is O=C(N[C@H]1CN(Cc2ccn3ccnc3c2)CC[C@H]2CC[C@@H](C(=O)N3CC(c4cccnc4)C3)N2C1=O)c1cc2cc(C(F)(F)P(=O)(O)O)ccc2s1. The Labute approximate surface area is 306 Å². The predicted octanol–water partition coefficient (Wildman–Crippen LogP) is 4.16. The molecule has 3 N–H and O–H groups in total. The van der Waals surface area contributed by atoms with Crippen LogP contribution in [-0.2, 0) is 26.4 Å². The van der Waals surface area contributed by atoms with E-state index >= 15 is 0 Å². The first kappa shape index (κ1) is 35.4. The molecule has 13 nitrogen and oxygen atoms in total. The highest BCUT2D eigenvalue weighted by Gasteiger charge is 2.51. The van der Waals surface area contributed by atoms with Crippen LogP contribution in [0.5, 0.6) is 0 Å². The molecule has 3 fully saturated rings. The number of amides is 3. The lowest BCUT2D eigenvalue weighted by Gasteiger charge is -2.44. The third-order valence-electron chi connectivity index (χ3n) is 10.5. The van der Waals surface area contributed by atoms with Crippen molar-refractivity contribution in [2.45, 2.75) is 55.5 Å². The van der Waals surface area contributed by atoms with E-state index in [4.69, 9.17) is 0 Å². The van der Waals surface area contributed by atoms with Crippen LogP contribution in [0.4, 0.5) is 8.78 Å². The van der Waals surface area contributed by atoms with Gasteiger partial charge in [0.25, 0.3) is 5.91 Å². The molecular formula is C36H36F2N7O6PS. The fourth-order valence-electron chi connectivity index (χ4n) is 7.68. The van der Waals surface area contributed by atoms with Crippen molar-refractivity contribution < 1.29 is 37.5 Å². The Morgan fingerprint density at radius 1 is 1.02 bits per heavy atom. The monoisotopic (exact) mass is 763 g/mol. The molecule has 8 rings (SSSR count). The fourth-order valence-corrected chi connectivity index (χ4v) is 9.10. The normalized spacial score (nSPS) is 21.7. The second kappa shape index (κ2) is 13.7. The molecule has 0 spiro atoms. The number of benzene rings is 1. The summed E-state index contributed by atoms with van der Waals surface area (Å²) in [6, 6.07) is 10.5. The number of carbonyl (C=O) groups excluding carboxylic acids is 3. The summed E-state index contributed by atoms with van der Waals surface area (Å²) in [7, 11) is -5.79. The quantitative estimate of drug-likeness (QED) is 0.197. The van der Waals surface area contributed by atoms with Crippen LogP contribution in [-0.4, -0.2) is 101 Å². The van der Waals surface area contributed by atoms with Crippen LogP contribution in [0.1, 0.15) is 51.5 Å². The van der Waals surface area contributed by atoms with Crippen LogP contribution in [0.15, 0.2) is 79.5 Å². The third-order valence-corrected chi connectivity index (χ3v) is 12.6. The average molecular weight is 764 g/mol. The maximum atomic E-state index is 14.6. The van der Waals surface area contributed by atoms with Gasteiger partial charge >= 0.3 is 13.3 Å². The number of likely N-dealkylation sites (tertiary alicyclic amines) is 1. The fraction of sp³-hybridized carbons (Fsp3) is 0.361. The molecule has 0 aliphatic carbocycles. The zero-order valence-electron chi connectivity index (χ0n) is 28.3. The first-order valence-electron chi connectivity index (χ1n) is 17.3. The van der Waals surface area contributed by atoms with Crippen molar-refractivity contribution in [3.8, 4) is 0 Å². The topological polar surface area (TPSA) is 161 Å². The smallest absolute Gasteiger partial charge is 0.340 e. The standard InChI is InChI=1S/C36H36F2N7O6PS/c37-36(38,52(49,50)51)26-3-6-30-24(15-26)16-31(53-30)33(46)41-28-21-42(18-22-7-12-43-13-10-40-32(43)14-22)11-8-27-4-5-29(45(27)34(28)47)35(48)44-19-25(20-44)23-2-1-9-39-17-23/h1-3,6-7,9-10,12-17,25,27-29H,4-5,8,11,18-21H2,(H,41,46)(H2,49,50,51)/t27-,28+,29+/m1/s1. The van der Waals surface area contributed by atoms with Crippen LogP contribution in [0.25, 0.3) is 15.7 Å². The second-order valence-electron chi connectivity index (χ2n) is 13.9. The van der Waals surface area contributed by atoms with Gasteiger partial charge in [0, 0.05) is 85.9 Å². The van der Waals surface area contributed by atoms with Crippen LogP contribution < -0.4 is 5.32 Å². The number of halogens is 2. The zero-order valence-corrected chi connectivity index (χ0v) is 30.0. The zero-order chi connectivity index (χ0) is 37.1. The molecule has 3 aliphatic heterocycles. The number of imidazole rings is 1. The molecule has 7 heterocycles. The highest BCUT2D eigenvalue weighted by molar-refractivity contribution is 7.52. The number of nitrogens with zero attached hydrogens (tertiary/aromatic N) is 6. The molecule has 1 aromatic carbocycles. The third kappa shape index (κ3) is 6.74. The summed E-state index contributed by atoms with van der Waals surface area (Å²) in [5, 5.41) is 3.10. The minimum absolute atomic E-state index is 0.107. The summed E-state index contributed by atoms with van der Waals surface area (Å²) < 4.78 is 42.8. The molecule has 0 unspecified atom stereocenters. The first-order chi connectivity index (χ1) is 25.4. The molecule has 3 saturated heterocycles. The maximum absolute atomic E-state index is 14.6. The van der Waals surface area contributed by atoms with E-state index in [0.29, 0.717) is 50.1 Å². The van der Waals surface area contributed by atoms with E-state index in [1.807, 2.05) is 41.1 Å². The van der Waals surface area contributed by atoms with Gasteiger partial charge in [0.1, 0.15) is 17.7 Å². The molecule has 0 saturated carbocycles. The van der Waals surface area contributed by atoms with Crippen LogP contribution in [0, 0.1) is 0 Å². The number of hydrogen-bond acceptors (Lipinski definition) is 8. The number of pyridine rings is 2. The number of carbonyl (C=O) groups is 3. The molecule has 17 heteroatoms. The summed E-state index contributed by atoms with van der Waals surface area (Å²) in [6.07, 6.45) is 10.8. The molecule has 4 aromatic heterocycles.